The molecule has 0 aromatic heterocycles. The van der Waals surface area contributed by atoms with Crippen molar-refractivity contribution >= 4 is 10.0 Å². The second kappa shape index (κ2) is 7.29. The molecule has 7 nitrogen and oxygen atoms in total. The van der Waals surface area contributed by atoms with Gasteiger partial charge in [-0.15, -0.1) is 0 Å². The minimum atomic E-state index is -3.58. The molecule has 0 atom stereocenters. The molecular weight excluding hydrogens is 272 g/mol. The molecule has 0 spiro atoms. The molecule has 1 aromatic carbocycles. The van der Waals surface area contributed by atoms with Crippen LogP contribution in [0, 0.1) is 0 Å². The first-order valence-electron chi connectivity index (χ1n) is 5.58. The van der Waals surface area contributed by atoms with E-state index >= 15 is 0 Å². The fraction of sp³-hybridized carbons (Fsp3) is 0.455. The minimum absolute atomic E-state index is 0.110. The zero-order valence-electron chi connectivity index (χ0n) is 10.9. The zero-order valence-corrected chi connectivity index (χ0v) is 11.7. The zero-order chi connectivity index (χ0) is 14.3. The topological polar surface area (TPSA) is 99.9 Å². The Morgan fingerprint density at radius 1 is 1.21 bits per heavy atom. The molecule has 0 aliphatic carbocycles. The molecule has 0 heterocycles. The molecule has 0 aliphatic heterocycles. The lowest BCUT2D eigenvalue weighted by molar-refractivity contribution is 0.136. The molecule has 3 N–H and O–H groups in total. The fourth-order valence-electron chi connectivity index (χ4n) is 1.43. The van der Waals surface area contributed by atoms with Gasteiger partial charge in [-0.1, -0.05) is 0 Å². The summed E-state index contributed by atoms with van der Waals surface area (Å²) in [7, 11) is -0.652. The summed E-state index contributed by atoms with van der Waals surface area (Å²) in [5, 5.41) is 0. The molecule has 0 amide bonds. The van der Waals surface area contributed by atoms with Gasteiger partial charge in [-0.2, -0.15) is 0 Å². The smallest absolute Gasteiger partial charge is 0.240 e. The van der Waals surface area contributed by atoms with Gasteiger partial charge in [0.1, 0.15) is 0 Å². The van der Waals surface area contributed by atoms with E-state index in [1.54, 1.807) is 0 Å². The number of rotatable bonds is 8. The number of hydrogen-bond donors (Lipinski definition) is 2. The molecule has 0 bridgehead atoms. The first-order chi connectivity index (χ1) is 9.05. The highest BCUT2D eigenvalue weighted by Crippen LogP contribution is 2.29. The monoisotopic (exact) mass is 290 g/mol. The maximum Gasteiger partial charge on any atom is 0.240 e. The maximum absolute atomic E-state index is 12.0. The van der Waals surface area contributed by atoms with E-state index in [0.717, 1.165) is 0 Å². The fourth-order valence-corrected chi connectivity index (χ4v) is 2.52. The van der Waals surface area contributed by atoms with Gasteiger partial charge in [0.25, 0.3) is 0 Å². The lowest BCUT2D eigenvalue weighted by Gasteiger charge is -2.10. The van der Waals surface area contributed by atoms with Crippen molar-refractivity contribution in [2.45, 2.75) is 11.3 Å². The van der Waals surface area contributed by atoms with Crippen molar-refractivity contribution < 1.29 is 22.7 Å². The first kappa shape index (κ1) is 15.7. The van der Waals surface area contributed by atoms with E-state index < -0.39 is 10.0 Å². The summed E-state index contributed by atoms with van der Waals surface area (Å²) < 4.78 is 36.5. The van der Waals surface area contributed by atoms with Crippen LogP contribution in [0.4, 0.5) is 0 Å². The van der Waals surface area contributed by atoms with E-state index in [0.29, 0.717) is 17.9 Å². The average Bonchev–Trinajstić information content (AvgIpc) is 2.42. The summed E-state index contributed by atoms with van der Waals surface area (Å²) in [4.78, 5) is 4.47. The Kier molecular flexibility index (Phi) is 6.03. The molecule has 0 fully saturated rings. The standard InChI is InChI=1S/C11H18N2O5S/c1-16-10-5-4-9(8-11(10)17-2)19(14,15)13-6-3-7-18-12/h4-5,8,13H,3,6-7,12H2,1-2H3. The molecule has 19 heavy (non-hydrogen) atoms. The second-order valence-corrected chi connectivity index (χ2v) is 5.41. The van der Waals surface area contributed by atoms with Crippen molar-refractivity contribution in [3.63, 3.8) is 0 Å². The van der Waals surface area contributed by atoms with Gasteiger partial charge in [0.15, 0.2) is 11.5 Å². The Balaban J connectivity index is 2.83. The third kappa shape index (κ3) is 4.35. The van der Waals surface area contributed by atoms with Crippen molar-refractivity contribution in [3.8, 4) is 11.5 Å². The van der Waals surface area contributed by atoms with E-state index in [1.807, 2.05) is 0 Å². The van der Waals surface area contributed by atoms with E-state index in [-0.39, 0.29) is 18.0 Å². The predicted molar refractivity (Wildman–Crippen MR) is 69.5 cm³/mol. The highest BCUT2D eigenvalue weighted by molar-refractivity contribution is 7.89. The largest absolute Gasteiger partial charge is 0.493 e. The summed E-state index contributed by atoms with van der Waals surface area (Å²) in [6.07, 6.45) is 0.489. The van der Waals surface area contributed by atoms with Crippen LogP contribution in [-0.4, -0.2) is 35.8 Å². The van der Waals surface area contributed by atoms with Gasteiger partial charge in [0.05, 0.1) is 25.7 Å². The van der Waals surface area contributed by atoms with Crippen molar-refractivity contribution in [1.82, 2.24) is 4.72 Å². The number of benzene rings is 1. The van der Waals surface area contributed by atoms with Gasteiger partial charge in [0.2, 0.25) is 10.0 Å². The molecular formula is C11H18N2O5S. The minimum Gasteiger partial charge on any atom is -0.493 e. The number of sulfonamides is 1. The van der Waals surface area contributed by atoms with Crippen LogP contribution in [0.25, 0.3) is 0 Å². The number of ether oxygens (including phenoxy) is 2. The normalized spacial score (nSPS) is 11.3. The van der Waals surface area contributed by atoms with Crippen LogP contribution in [0.2, 0.25) is 0 Å². The molecule has 0 saturated heterocycles. The van der Waals surface area contributed by atoms with E-state index in [4.69, 9.17) is 15.4 Å². The van der Waals surface area contributed by atoms with Crippen molar-refractivity contribution in [3.05, 3.63) is 18.2 Å². The summed E-state index contributed by atoms with van der Waals surface area (Å²) in [5.41, 5.74) is 0. The Morgan fingerprint density at radius 2 is 1.89 bits per heavy atom. The number of nitrogens with one attached hydrogen (secondary N) is 1. The van der Waals surface area contributed by atoms with Crippen LogP contribution in [0.3, 0.4) is 0 Å². The maximum atomic E-state index is 12.0. The van der Waals surface area contributed by atoms with Crippen molar-refractivity contribution in [1.29, 1.82) is 0 Å². The molecule has 1 rings (SSSR count). The number of hydrogen-bond acceptors (Lipinski definition) is 6. The first-order valence-corrected chi connectivity index (χ1v) is 7.07. The Hall–Kier alpha value is -1.35. The van der Waals surface area contributed by atoms with Crippen molar-refractivity contribution in [2.24, 2.45) is 5.90 Å². The SMILES string of the molecule is COc1ccc(S(=O)(=O)NCCCON)cc1OC. The predicted octanol–water partition coefficient (Wildman–Crippen LogP) is 0.263. The summed E-state index contributed by atoms with van der Waals surface area (Å²) >= 11 is 0. The molecule has 0 aliphatic rings. The van der Waals surface area contributed by atoms with Gasteiger partial charge >= 0.3 is 0 Å². The molecule has 1 aromatic rings. The summed E-state index contributed by atoms with van der Waals surface area (Å²) in [6, 6.07) is 4.39. The van der Waals surface area contributed by atoms with Gasteiger partial charge < -0.3 is 14.3 Å². The van der Waals surface area contributed by atoms with E-state index in [9.17, 15) is 8.42 Å². The van der Waals surface area contributed by atoms with Gasteiger partial charge in [0, 0.05) is 12.6 Å². The molecule has 0 radical (unpaired) electrons. The van der Waals surface area contributed by atoms with Crippen molar-refractivity contribution in [2.75, 3.05) is 27.4 Å². The van der Waals surface area contributed by atoms with Crippen LogP contribution in [0.1, 0.15) is 6.42 Å². The van der Waals surface area contributed by atoms with Crippen LogP contribution >= 0.6 is 0 Å². The number of methoxy groups -OCH3 is 2. The lowest BCUT2D eigenvalue weighted by atomic mass is 10.3. The van der Waals surface area contributed by atoms with Crippen LogP contribution < -0.4 is 20.1 Å². The lowest BCUT2D eigenvalue weighted by Crippen LogP contribution is -2.25. The van der Waals surface area contributed by atoms with Crippen LogP contribution in [-0.2, 0) is 14.9 Å². The summed E-state index contributed by atoms with van der Waals surface area (Å²) in [6.45, 7) is 0.530. The third-order valence-corrected chi connectivity index (χ3v) is 3.86. The third-order valence-electron chi connectivity index (χ3n) is 2.40. The number of nitrogens with two attached hydrogens (primary N) is 1. The molecule has 8 heteroatoms. The van der Waals surface area contributed by atoms with Gasteiger partial charge in [-0.25, -0.2) is 19.0 Å². The average molecular weight is 290 g/mol. The Bertz CT molecular complexity index is 504. The molecule has 108 valence electrons. The van der Waals surface area contributed by atoms with Crippen LogP contribution in [0.15, 0.2) is 23.1 Å². The highest BCUT2D eigenvalue weighted by Gasteiger charge is 2.16. The Morgan fingerprint density at radius 3 is 2.47 bits per heavy atom. The van der Waals surface area contributed by atoms with Gasteiger partial charge in [-0.3, -0.25) is 0 Å². The highest BCUT2D eigenvalue weighted by atomic mass is 32.2. The molecule has 0 unspecified atom stereocenters. The Labute approximate surface area is 112 Å². The van der Waals surface area contributed by atoms with Gasteiger partial charge in [-0.05, 0) is 18.6 Å². The van der Waals surface area contributed by atoms with E-state index in [2.05, 4.69) is 9.56 Å². The second-order valence-electron chi connectivity index (χ2n) is 3.64. The van der Waals surface area contributed by atoms with Crippen LogP contribution in [0.5, 0.6) is 11.5 Å². The molecule has 0 saturated carbocycles. The van der Waals surface area contributed by atoms with E-state index in [1.165, 1.54) is 32.4 Å². The summed E-state index contributed by atoms with van der Waals surface area (Å²) in [5.74, 6) is 5.68. The quantitative estimate of drug-likeness (QED) is 0.526.